The molecule has 0 atom stereocenters. The molecule has 4 N–H and O–H groups in total. The second-order valence-electron chi connectivity index (χ2n) is 5.83. The van der Waals surface area contributed by atoms with Gasteiger partial charge in [-0.05, 0) is 32.1 Å². The third kappa shape index (κ3) is 5.34. The number of nitrogens with zero attached hydrogens (tertiary/aromatic N) is 2. The van der Waals surface area contributed by atoms with Crippen LogP contribution < -0.4 is 16.6 Å². The van der Waals surface area contributed by atoms with Crippen molar-refractivity contribution in [3.63, 3.8) is 0 Å². The Kier molecular flexibility index (Phi) is 7.23. The van der Waals surface area contributed by atoms with Crippen molar-refractivity contribution < 1.29 is 4.79 Å². The van der Waals surface area contributed by atoms with Crippen molar-refractivity contribution in [2.45, 2.75) is 25.9 Å². The van der Waals surface area contributed by atoms with Gasteiger partial charge in [0.25, 0.3) is 11.5 Å². The van der Waals surface area contributed by atoms with Gasteiger partial charge in [0.2, 0.25) is 0 Å². The molecule has 1 aromatic heterocycles. The number of nitrogens with two attached hydrogens (primary N) is 1. The van der Waals surface area contributed by atoms with Gasteiger partial charge in [-0.3, -0.25) is 14.6 Å². The Morgan fingerprint density at radius 1 is 1.27 bits per heavy atom. The maximum atomic E-state index is 12.3. The van der Waals surface area contributed by atoms with E-state index in [1.807, 2.05) is 19.1 Å². The second-order valence-corrected chi connectivity index (χ2v) is 6.91. The van der Waals surface area contributed by atoms with E-state index in [0.29, 0.717) is 10.7 Å². The van der Waals surface area contributed by atoms with Gasteiger partial charge in [-0.15, -0.1) is 0 Å². The van der Waals surface area contributed by atoms with Crippen molar-refractivity contribution >= 4 is 29.2 Å². The number of nitrogen functional groups attached to an aromatic ring is 1. The number of aromatic nitrogens is 2. The fourth-order valence-electron chi connectivity index (χ4n) is 2.36. The third-order valence-electron chi connectivity index (χ3n) is 4.02. The lowest BCUT2D eigenvalue weighted by Gasteiger charge is -2.17. The third-order valence-corrected chi connectivity index (χ3v) is 4.87. The molecule has 1 amide bonds. The molecule has 0 aliphatic rings. The van der Waals surface area contributed by atoms with Crippen molar-refractivity contribution in [1.29, 1.82) is 0 Å². The molecule has 0 radical (unpaired) electrons. The number of nitrogens with one attached hydrogen (secondary N) is 2. The molecule has 0 saturated carbocycles. The first kappa shape index (κ1) is 20.0. The molecule has 2 rings (SSSR count). The summed E-state index contributed by atoms with van der Waals surface area (Å²) in [6, 6.07) is 7.05. The molecule has 8 heteroatoms. The minimum absolute atomic E-state index is 0.0135. The van der Waals surface area contributed by atoms with Gasteiger partial charge in [0.1, 0.15) is 5.69 Å². The van der Waals surface area contributed by atoms with Crippen LogP contribution in [0.25, 0.3) is 0 Å². The number of aryl methyl sites for hydroxylation is 1. The van der Waals surface area contributed by atoms with E-state index in [1.165, 1.54) is 11.8 Å². The van der Waals surface area contributed by atoms with E-state index in [0.717, 1.165) is 31.0 Å². The van der Waals surface area contributed by atoms with Crippen molar-refractivity contribution in [3.05, 3.63) is 45.7 Å². The van der Waals surface area contributed by atoms with Gasteiger partial charge < -0.3 is 16.0 Å². The first-order valence-corrected chi connectivity index (χ1v) is 9.56. The van der Waals surface area contributed by atoms with Crippen LogP contribution in [0.4, 0.5) is 11.5 Å². The maximum Gasteiger partial charge on any atom is 0.277 e. The molecule has 0 bridgehead atoms. The van der Waals surface area contributed by atoms with Gasteiger partial charge in [-0.2, -0.15) is 0 Å². The van der Waals surface area contributed by atoms with Crippen LogP contribution in [0.15, 0.2) is 34.2 Å². The van der Waals surface area contributed by atoms with E-state index >= 15 is 0 Å². The zero-order chi connectivity index (χ0) is 19.1. The Hall–Kier alpha value is -2.32. The van der Waals surface area contributed by atoms with Crippen LogP contribution in [0.3, 0.4) is 0 Å². The highest BCUT2D eigenvalue weighted by Crippen LogP contribution is 2.17. The topological polar surface area (TPSA) is 104 Å². The highest BCUT2D eigenvalue weighted by atomic mass is 32.2. The van der Waals surface area contributed by atoms with Crippen molar-refractivity contribution in [3.8, 4) is 0 Å². The number of aromatic amines is 1. The van der Waals surface area contributed by atoms with Crippen molar-refractivity contribution in [2.24, 2.45) is 0 Å². The normalized spacial score (nSPS) is 10.9. The van der Waals surface area contributed by atoms with Crippen LogP contribution in [-0.4, -0.2) is 46.2 Å². The molecular formula is C18H25N5O2S. The summed E-state index contributed by atoms with van der Waals surface area (Å²) < 4.78 is 0. The zero-order valence-corrected chi connectivity index (χ0v) is 16.2. The van der Waals surface area contributed by atoms with Crippen LogP contribution >= 0.6 is 11.8 Å². The first-order chi connectivity index (χ1) is 12.4. The summed E-state index contributed by atoms with van der Waals surface area (Å²) in [6.07, 6.45) is 0. The molecular weight excluding hydrogens is 350 g/mol. The summed E-state index contributed by atoms with van der Waals surface area (Å²) in [5.74, 6) is 0.407. The highest BCUT2D eigenvalue weighted by Gasteiger charge is 2.14. The minimum Gasteiger partial charge on any atom is -0.382 e. The van der Waals surface area contributed by atoms with Crippen molar-refractivity contribution in [2.75, 3.05) is 36.4 Å². The number of benzene rings is 1. The second kappa shape index (κ2) is 9.40. The van der Waals surface area contributed by atoms with Gasteiger partial charge in [-0.25, -0.2) is 4.98 Å². The monoisotopic (exact) mass is 375 g/mol. The van der Waals surface area contributed by atoms with Crippen LogP contribution in [-0.2, 0) is 0 Å². The maximum absolute atomic E-state index is 12.3. The molecule has 1 aromatic carbocycles. The Bertz CT molecular complexity index is 800. The Morgan fingerprint density at radius 2 is 1.92 bits per heavy atom. The number of rotatable bonds is 8. The number of H-pyrrole nitrogens is 1. The minimum atomic E-state index is -0.455. The Morgan fingerprint density at radius 3 is 2.50 bits per heavy atom. The summed E-state index contributed by atoms with van der Waals surface area (Å²) in [4.78, 5) is 33.7. The molecule has 26 heavy (non-hydrogen) atoms. The Labute approximate surface area is 157 Å². The summed E-state index contributed by atoms with van der Waals surface area (Å²) in [6.45, 7) is 9.01. The van der Waals surface area contributed by atoms with Crippen LogP contribution in [0.1, 0.15) is 29.8 Å². The average Bonchev–Trinajstić information content (AvgIpc) is 2.62. The lowest BCUT2D eigenvalue weighted by atomic mass is 10.1. The van der Waals surface area contributed by atoms with Gasteiger partial charge in [-0.1, -0.05) is 43.3 Å². The van der Waals surface area contributed by atoms with E-state index in [-0.39, 0.29) is 11.5 Å². The van der Waals surface area contributed by atoms with Gasteiger partial charge >= 0.3 is 0 Å². The molecule has 7 nitrogen and oxygen atoms in total. The number of anilines is 2. The van der Waals surface area contributed by atoms with E-state index in [9.17, 15) is 9.59 Å². The smallest absolute Gasteiger partial charge is 0.277 e. The molecule has 1 heterocycles. The standard InChI is InChI=1S/C18H25N5O2S/c1-4-23(5-2)10-11-26-18-21-15(19)14(17(25)22-18)20-16(24)13-8-6-12(3)7-9-13/h6-9H,4-5,10-11H2,1-3H3,(H,20,24)(H3,19,21,22,25). The van der Waals surface area contributed by atoms with Crippen molar-refractivity contribution in [1.82, 2.24) is 14.9 Å². The molecule has 0 aliphatic heterocycles. The van der Waals surface area contributed by atoms with Crippen LogP contribution in [0.5, 0.6) is 0 Å². The van der Waals surface area contributed by atoms with Crippen LogP contribution in [0.2, 0.25) is 0 Å². The number of carbonyl (C=O) groups is 1. The molecule has 0 fully saturated rings. The van der Waals surface area contributed by atoms with E-state index in [2.05, 4.69) is 34.0 Å². The highest BCUT2D eigenvalue weighted by molar-refractivity contribution is 7.99. The largest absolute Gasteiger partial charge is 0.382 e. The lowest BCUT2D eigenvalue weighted by molar-refractivity contribution is 0.102. The summed E-state index contributed by atoms with van der Waals surface area (Å²) >= 11 is 1.43. The van der Waals surface area contributed by atoms with E-state index in [4.69, 9.17) is 5.73 Å². The Balaban J connectivity index is 2.05. The SMILES string of the molecule is CCN(CC)CCSc1nc(N)c(NC(=O)c2ccc(C)cc2)c(=O)[nH]1. The number of hydrogen-bond donors (Lipinski definition) is 3. The predicted molar refractivity (Wildman–Crippen MR) is 107 cm³/mol. The number of amides is 1. The van der Waals surface area contributed by atoms with Gasteiger partial charge in [0.05, 0.1) is 0 Å². The number of hydrogen-bond acceptors (Lipinski definition) is 6. The number of thioether (sulfide) groups is 1. The molecule has 0 saturated heterocycles. The van der Waals surface area contributed by atoms with E-state index in [1.54, 1.807) is 12.1 Å². The summed E-state index contributed by atoms with van der Waals surface area (Å²) in [5.41, 5.74) is 6.91. The zero-order valence-electron chi connectivity index (χ0n) is 15.3. The molecule has 140 valence electrons. The number of carbonyl (C=O) groups excluding carboxylic acids is 1. The quantitative estimate of drug-likeness (QED) is 0.483. The predicted octanol–water partition coefficient (Wildman–Crippen LogP) is 2.35. The summed E-state index contributed by atoms with van der Waals surface area (Å²) in [7, 11) is 0. The summed E-state index contributed by atoms with van der Waals surface area (Å²) in [5, 5.41) is 3.00. The fourth-order valence-corrected chi connectivity index (χ4v) is 3.23. The molecule has 0 unspecified atom stereocenters. The molecule has 2 aromatic rings. The molecule has 0 spiro atoms. The average molecular weight is 375 g/mol. The van der Waals surface area contributed by atoms with Crippen LogP contribution in [0, 0.1) is 6.92 Å². The van der Waals surface area contributed by atoms with Gasteiger partial charge in [0, 0.05) is 17.9 Å². The molecule has 0 aliphatic carbocycles. The lowest BCUT2D eigenvalue weighted by Crippen LogP contribution is -2.26. The van der Waals surface area contributed by atoms with Gasteiger partial charge in [0.15, 0.2) is 11.0 Å². The first-order valence-electron chi connectivity index (χ1n) is 8.57. The van der Waals surface area contributed by atoms with E-state index < -0.39 is 11.5 Å². The fraction of sp³-hybridized carbons (Fsp3) is 0.389.